The normalized spacial score (nSPS) is 12.6. The van der Waals surface area contributed by atoms with E-state index in [1.807, 2.05) is 6.07 Å². The second kappa shape index (κ2) is 5.76. The van der Waals surface area contributed by atoms with E-state index in [0.717, 1.165) is 31.0 Å². The van der Waals surface area contributed by atoms with Crippen LogP contribution in [0.3, 0.4) is 0 Å². The van der Waals surface area contributed by atoms with E-state index < -0.39 is 0 Å². The summed E-state index contributed by atoms with van der Waals surface area (Å²) in [4.78, 5) is 0. The highest BCUT2D eigenvalue weighted by atomic mass is 16.7. The van der Waals surface area contributed by atoms with E-state index >= 15 is 0 Å². The molecule has 0 bridgehead atoms. The number of quaternary nitrogens is 1. The van der Waals surface area contributed by atoms with Gasteiger partial charge in [0.25, 0.3) is 0 Å². The van der Waals surface area contributed by atoms with Gasteiger partial charge in [0, 0.05) is 12.0 Å². The highest BCUT2D eigenvalue weighted by Gasteiger charge is 2.13. The van der Waals surface area contributed by atoms with Gasteiger partial charge in [0.2, 0.25) is 6.79 Å². The van der Waals surface area contributed by atoms with Crippen LogP contribution in [-0.4, -0.2) is 13.3 Å². The van der Waals surface area contributed by atoms with Crippen LogP contribution in [0, 0.1) is 0 Å². The average Bonchev–Trinajstić information content (AvgIpc) is 2.92. The van der Waals surface area contributed by atoms with Crippen LogP contribution in [0.2, 0.25) is 0 Å². The van der Waals surface area contributed by atoms with Gasteiger partial charge >= 0.3 is 0 Å². The number of rotatable bonds is 5. The summed E-state index contributed by atoms with van der Waals surface area (Å²) in [7, 11) is 0. The molecule has 2 N–H and O–H groups in total. The topological polar surface area (TPSA) is 35.1 Å². The van der Waals surface area contributed by atoms with Crippen LogP contribution < -0.4 is 14.8 Å². The van der Waals surface area contributed by atoms with Crippen molar-refractivity contribution in [1.82, 2.24) is 0 Å². The molecule has 19 heavy (non-hydrogen) atoms. The quantitative estimate of drug-likeness (QED) is 0.827. The minimum atomic E-state index is 0.344. The zero-order valence-corrected chi connectivity index (χ0v) is 10.8. The molecular formula is C16H18NO2+. The standard InChI is InChI=1S/C16H17NO2/c1-2-4-13(5-3-1)8-9-17-11-14-6-7-15-16(10-14)19-12-18-15/h1-7,10,17H,8-9,11-12H2/p+1. The molecule has 0 fully saturated rings. The first-order valence-electron chi connectivity index (χ1n) is 6.66. The molecule has 0 spiro atoms. The predicted molar refractivity (Wildman–Crippen MR) is 73.2 cm³/mol. The minimum Gasteiger partial charge on any atom is -0.454 e. The van der Waals surface area contributed by atoms with E-state index in [-0.39, 0.29) is 0 Å². The lowest BCUT2D eigenvalue weighted by Gasteiger charge is -2.03. The molecule has 98 valence electrons. The lowest BCUT2D eigenvalue weighted by atomic mass is 10.1. The predicted octanol–water partition coefficient (Wildman–Crippen LogP) is 1.72. The largest absolute Gasteiger partial charge is 0.454 e. The molecule has 1 heterocycles. The van der Waals surface area contributed by atoms with Gasteiger partial charge in [-0.3, -0.25) is 0 Å². The van der Waals surface area contributed by atoms with Crippen molar-refractivity contribution in [2.75, 3.05) is 13.3 Å². The van der Waals surface area contributed by atoms with Crippen molar-refractivity contribution >= 4 is 0 Å². The van der Waals surface area contributed by atoms with Gasteiger partial charge in [-0.15, -0.1) is 0 Å². The summed E-state index contributed by atoms with van der Waals surface area (Å²) < 4.78 is 10.7. The van der Waals surface area contributed by atoms with E-state index in [1.54, 1.807) is 0 Å². The summed E-state index contributed by atoms with van der Waals surface area (Å²) in [6.07, 6.45) is 1.10. The Morgan fingerprint density at radius 3 is 2.63 bits per heavy atom. The Morgan fingerprint density at radius 2 is 1.74 bits per heavy atom. The summed E-state index contributed by atoms with van der Waals surface area (Å²) in [6, 6.07) is 16.7. The molecule has 0 atom stereocenters. The second-order valence-electron chi connectivity index (χ2n) is 4.70. The van der Waals surface area contributed by atoms with Gasteiger partial charge in [0.05, 0.1) is 6.54 Å². The molecule has 1 aliphatic rings. The molecule has 0 radical (unpaired) electrons. The zero-order valence-electron chi connectivity index (χ0n) is 10.8. The number of hydrogen-bond acceptors (Lipinski definition) is 2. The van der Waals surface area contributed by atoms with Gasteiger partial charge < -0.3 is 14.8 Å². The fourth-order valence-corrected chi connectivity index (χ4v) is 2.25. The molecule has 0 saturated carbocycles. The lowest BCUT2D eigenvalue weighted by Crippen LogP contribution is -2.83. The molecule has 0 amide bonds. The lowest BCUT2D eigenvalue weighted by molar-refractivity contribution is -0.670. The van der Waals surface area contributed by atoms with E-state index in [1.165, 1.54) is 11.1 Å². The summed E-state index contributed by atoms with van der Waals surface area (Å²) in [5, 5.41) is 2.32. The van der Waals surface area contributed by atoms with Gasteiger partial charge in [-0.1, -0.05) is 30.3 Å². The molecule has 1 aliphatic heterocycles. The first-order valence-corrected chi connectivity index (χ1v) is 6.66. The third-order valence-corrected chi connectivity index (χ3v) is 3.30. The summed E-state index contributed by atoms with van der Waals surface area (Å²) in [5.74, 6) is 1.72. The molecule has 2 aromatic rings. The van der Waals surface area contributed by atoms with Crippen molar-refractivity contribution in [3.63, 3.8) is 0 Å². The Bertz CT molecular complexity index is 540. The third kappa shape index (κ3) is 3.06. The number of hydrogen-bond donors (Lipinski definition) is 1. The van der Waals surface area contributed by atoms with Crippen LogP contribution in [0.25, 0.3) is 0 Å². The molecule has 0 saturated heterocycles. The highest BCUT2D eigenvalue weighted by Crippen LogP contribution is 2.32. The maximum Gasteiger partial charge on any atom is 0.231 e. The maximum atomic E-state index is 5.38. The summed E-state index contributed by atoms with van der Waals surface area (Å²) in [6.45, 7) is 2.42. The van der Waals surface area contributed by atoms with Crippen LogP contribution in [0.5, 0.6) is 11.5 Å². The Balaban J connectivity index is 1.48. The Hall–Kier alpha value is -2.00. The zero-order chi connectivity index (χ0) is 12.9. The molecule has 0 unspecified atom stereocenters. The highest BCUT2D eigenvalue weighted by molar-refractivity contribution is 5.44. The SMILES string of the molecule is c1ccc(CC[NH2+]Cc2ccc3c(c2)OCO3)cc1. The number of nitrogens with two attached hydrogens (primary N) is 1. The Morgan fingerprint density at radius 1 is 0.895 bits per heavy atom. The minimum absolute atomic E-state index is 0.344. The molecular weight excluding hydrogens is 238 g/mol. The van der Waals surface area contributed by atoms with Gasteiger partial charge in [-0.25, -0.2) is 0 Å². The van der Waals surface area contributed by atoms with Crippen molar-refractivity contribution in [2.24, 2.45) is 0 Å². The van der Waals surface area contributed by atoms with Crippen LogP contribution in [0.4, 0.5) is 0 Å². The summed E-state index contributed by atoms with van der Waals surface area (Å²) in [5.41, 5.74) is 2.67. The maximum absolute atomic E-state index is 5.38. The average molecular weight is 256 g/mol. The Kier molecular flexibility index (Phi) is 3.65. The first kappa shape index (κ1) is 12.1. The van der Waals surface area contributed by atoms with Gasteiger partial charge in [-0.05, 0) is 23.8 Å². The van der Waals surface area contributed by atoms with Crippen LogP contribution in [0.1, 0.15) is 11.1 Å². The Labute approximate surface area is 113 Å². The van der Waals surface area contributed by atoms with E-state index in [0.29, 0.717) is 6.79 Å². The van der Waals surface area contributed by atoms with Crippen LogP contribution in [-0.2, 0) is 13.0 Å². The van der Waals surface area contributed by atoms with Gasteiger partial charge in [0.1, 0.15) is 6.54 Å². The van der Waals surface area contributed by atoms with Crippen molar-refractivity contribution in [3.8, 4) is 11.5 Å². The second-order valence-corrected chi connectivity index (χ2v) is 4.70. The molecule has 3 nitrogen and oxygen atoms in total. The molecule has 3 rings (SSSR count). The first-order chi connectivity index (χ1) is 9.42. The summed E-state index contributed by atoms with van der Waals surface area (Å²) >= 11 is 0. The van der Waals surface area contributed by atoms with E-state index in [9.17, 15) is 0 Å². The van der Waals surface area contributed by atoms with E-state index in [2.05, 4.69) is 47.8 Å². The molecule has 3 heteroatoms. The molecule has 0 aromatic heterocycles. The number of fused-ring (bicyclic) bond motifs is 1. The number of ether oxygens (including phenoxy) is 2. The molecule has 0 aliphatic carbocycles. The van der Waals surface area contributed by atoms with Crippen LogP contribution >= 0.6 is 0 Å². The van der Waals surface area contributed by atoms with Crippen molar-refractivity contribution in [2.45, 2.75) is 13.0 Å². The monoisotopic (exact) mass is 256 g/mol. The van der Waals surface area contributed by atoms with Gasteiger partial charge in [0.15, 0.2) is 11.5 Å². The molecule has 2 aromatic carbocycles. The van der Waals surface area contributed by atoms with E-state index in [4.69, 9.17) is 9.47 Å². The van der Waals surface area contributed by atoms with Crippen molar-refractivity contribution in [3.05, 3.63) is 59.7 Å². The smallest absolute Gasteiger partial charge is 0.231 e. The fraction of sp³-hybridized carbons (Fsp3) is 0.250. The van der Waals surface area contributed by atoms with Crippen molar-refractivity contribution in [1.29, 1.82) is 0 Å². The number of benzene rings is 2. The van der Waals surface area contributed by atoms with Gasteiger partial charge in [-0.2, -0.15) is 0 Å². The third-order valence-electron chi connectivity index (χ3n) is 3.30. The van der Waals surface area contributed by atoms with Crippen molar-refractivity contribution < 1.29 is 14.8 Å². The fourth-order valence-electron chi connectivity index (χ4n) is 2.25. The van der Waals surface area contributed by atoms with Crippen LogP contribution in [0.15, 0.2) is 48.5 Å².